The van der Waals surface area contributed by atoms with Crippen molar-refractivity contribution in [1.29, 1.82) is 0 Å². The monoisotopic (exact) mass is 226 g/mol. The maximum atomic E-state index is 4.57. The van der Waals surface area contributed by atoms with Gasteiger partial charge in [-0.05, 0) is 12.1 Å². The third-order valence-corrected chi connectivity index (χ3v) is 2.97. The Bertz CT molecular complexity index is 629. The Balaban J connectivity index is 2.29. The molecule has 3 aromatic rings. The molecular formula is C13H10N2S. The van der Waals surface area contributed by atoms with Crippen molar-refractivity contribution < 1.29 is 0 Å². The second-order valence-electron chi connectivity index (χ2n) is 3.60. The molecule has 3 rings (SSSR count). The number of fused-ring (bicyclic) bond motifs is 1. The number of hydrogen-bond acceptors (Lipinski definition) is 2. The highest BCUT2D eigenvalue weighted by Crippen LogP contribution is 2.24. The molecule has 0 aliphatic carbocycles. The maximum absolute atomic E-state index is 4.57. The van der Waals surface area contributed by atoms with Crippen molar-refractivity contribution in [3.05, 3.63) is 54.6 Å². The van der Waals surface area contributed by atoms with E-state index in [0.29, 0.717) is 0 Å². The molecule has 0 bridgehead atoms. The molecule has 0 aliphatic heterocycles. The molecule has 2 nitrogen and oxygen atoms in total. The van der Waals surface area contributed by atoms with E-state index >= 15 is 0 Å². The highest BCUT2D eigenvalue weighted by Gasteiger charge is 2.08. The largest absolute Gasteiger partial charge is 0.268 e. The summed E-state index contributed by atoms with van der Waals surface area (Å²) in [6, 6.07) is 18.1. The van der Waals surface area contributed by atoms with Gasteiger partial charge in [0.05, 0.1) is 11.0 Å². The zero-order valence-corrected chi connectivity index (χ0v) is 9.43. The quantitative estimate of drug-likeness (QED) is 0.630. The molecule has 0 spiro atoms. The van der Waals surface area contributed by atoms with Crippen molar-refractivity contribution in [3.8, 4) is 11.4 Å². The number of benzene rings is 2. The lowest BCUT2D eigenvalue weighted by Crippen LogP contribution is -1.85. The average molecular weight is 226 g/mol. The van der Waals surface area contributed by atoms with E-state index in [2.05, 4.69) is 17.8 Å². The van der Waals surface area contributed by atoms with Crippen LogP contribution in [0.2, 0.25) is 0 Å². The van der Waals surface area contributed by atoms with Gasteiger partial charge in [0.25, 0.3) is 0 Å². The summed E-state index contributed by atoms with van der Waals surface area (Å²) in [5.41, 5.74) is 3.08. The summed E-state index contributed by atoms with van der Waals surface area (Å²) < 4.78 is 1.82. The third-order valence-electron chi connectivity index (χ3n) is 2.57. The molecule has 1 aromatic heterocycles. The minimum atomic E-state index is 0.880. The van der Waals surface area contributed by atoms with Crippen LogP contribution in [0, 0.1) is 0 Å². The molecule has 0 fully saturated rings. The summed E-state index contributed by atoms with van der Waals surface area (Å²) in [7, 11) is 0. The van der Waals surface area contributed by atoms with Gasteiger partial charge < -0.3 is 0 Å². The summed E-state index contributed by atoms with van der Waals surface area (Å²) in [5, 5.41) is 0. The molecule has 0 amide bonds. The van der Waals surface area contributed by atoms with Crippen LogP contribution in [-0.2, 0) is 0 Å². The first-order valence-corrected chi connectivity index (χ1v) is 5.48. The van der Waals surface area contributed by atoms with E-state index < -0.39 is 0 Å². The molecule has 0 atom stereocenters. The number of nitrogens with zero attached hydrogens (tertiary/aromatic N) is 2. The van der Waals surface area contributed by atoms with Crippen molar-refractivity contribution in [2.45, 2.75) is 0 Å². The van der Waals surface area contributed by atoms with Gasteiger partial charge in [0.15, 0.2) is 5.82 Å². The molecule has 3 heteroatoms. The first-order chi connectivity index (χ1) is 7.86. The minimum Gasteiger partial charge on any atom is -0.268 e. The van der Waals surface area contributed by atoms with Gasteiger partial charge in [0.2, 0.25) is 0 Å². The molecule has 0 saturated heterocycles. The summed E-state index contributed by atoms with van der Waals surface area (Å²) in [6.45, 7) is 0. The molecule has 78 valence electrons. The van der Waals surface area contributed by atoms with Crippen LogP contribution in [0.1, 0.15) is 0 Å². The number of thiol groups is 1. The van der Waals surface area contributed by atoms with Gasteiger partial charge >= 0.3 is 0 Å². The van der Waals surface area contributed by atoms with Crippen LogP contribution in [-0.4, -0.2) is 8.96 Å². The van der Waals surface area contributed by atoms with Gasteiger partial charge in [-0.15, -0.1) is 0 Å². The van der Waals surface area contributed by atoms with Gasteiger partial charge in [0, 0.05) is 5.56 Å². The van der Waals surface area contributed by atoms with Crippen LogP contribution >= 0.6 is 12.8 Å². The Kier molecular flexibility index (Phi) is 2.18. The van der Waals surface area contributed by atoms with E-state index in [1.165, 1.54) is 0 Å². The van der Waals surface area contributed by atoms with Crippen molar-refractivity contribution in [2.24, 2.45) is 0 Å². The van der Waals surface area contributed by atoms with Gasteiger partial charge in [-0.3, -0.25) is 3.97 Å². The molecule has 16 heavy (non-hydrogen) atoms. The molecular weight excluding hydrogens is 216 g/mol. The normalized spacial score (nSPS) is 10.8. The van der Waals surface area contributed by atoms with Crippen molar-refractivity contribution in [1.82, 2.24) is 8.96 Å². The third kappa shape index (κ3) is 1.41. The Morgan fingerprint density at radius 2 is 1.56 bits per heavy atom. The minimum absolute atomic E-state index is 0.880. The number of aromatic nitrogens is 2. The predicted octanol–water partition coefficient (Wildman–Crippen LogP) is 3.40. The highest BCUT2D eigenvalue weighted by molar-refractivity contribution is 7.78. The standard InChI is InChI=1S/C13H10N2S/c16-15-12-9-5-4-8-11(12)14-13(15)10-6-2-1-3-7-10/h1-9,16H. The zero-order chi connectivity index (χ0) is 11.0. The van der Waals surface area contributed by atoms with Crippen molar-refractivity contribution in [2.75, 3.05) is 0 Å². The van der Waals surface area contributed by atoms with Crippen LogP contribution in [0.25, 0.3) is 22.4 Å². The number of rotatable bonds is 1. The van der Waals surface area contributed by atoms with E-state index in [4.69, 9.17) is 0 Å². The Morgan fingerprint density at radius 1 is 0.875 bits per heavy atom. The van der Waals surface area contributed by atoms with E-state index in [-0.39, 0.29) is 0 Å². The lowest BCUT2D eigenvalue weighted by Gasteiger charge is -2.00. The molecule has 0 unspecified atom stereocenters. The first-order valence-electron chi connectivity index (χ1n) is 5.08. The summed E-state index contributed by atoms with van der Waals surface area (Å²) in [4.78, 5) is 4.57. The lowest BCUT2D eigenvalue weighted by molar-refractivity contribution is 1.28. The van der Waals surface area contributed by atoms with E-state index in [1.54, 1.807) is 0 Å². The maximum Gasteiger partial charge on any atom is 0.151 e. The molecule has 0 radical (unpaired) electrons. The van der Waals surface area contributed by atoms with Crippen LogP contribution < -0.4 is 0 Å². The number of imidazole rings is 1. The molecule has 0 saturated carbocycles. The van der Waals surface area contributed by atoms with E-state index in [1.807, 2.05) is 58.6 Å². The summed E-state index contributed by atoms with van der Waals surface area (Å²) in [6.07, 6.45) is 0. The van der Waals surface area contributed by atoms with Crippen LogP contribution in [0.5, 0.6) is 0 Å². The van der Waals surface area contributed by atoms with Crippen LogP contribution in [0.3, 0.4) is 0 Å². The molecule has 1 heterocycles. The molecule has 0 aliphatic rings. The fraction of sp³-hybridized carbons (Fsp3) is 0. The second kappa shape index (κ2) is 3.68. The highest BCUT2D eigenvalue weighted by atomic mass is 32.1. The van der Waals surface area contributed by atoms with E-state index in [9.17, 15) is 0 Å². The topological polar surface area (TPSA) is 17.8 Å². The van der Waals surface area contributed by atoms with E-state index in [0.717, 1.165) is 22.4 Å². The van der Waals surface area contributed by atoms with Crippen molar-refractivity contribution >= 4 is 23.8 Å². The zero-order valence-electron chi connectivity index (χ0n) is 8.54. The van der Waals surface area contributed by atoms with Gasteiger partial charge in [-0.1, -0.05) is 55.3 Å². The van der Waals surface area contributed by atoms with Crippen molar-refractivity contribution in [3.63, 3.8) is 0 Å². The van der Waals surface area contributed by atoms with Gasteiger partial charge in [-0.25, -0.2) is 4.98 Å². The van der Waals surface area contributed by atoms with Gasteiger partial charge in [0.1, 0.15) is 0 Å². The summed E-state index contributed by atoms with van der Waals surface area (Å²) in [5.74, 6) is 0.880. The smallest absolute Gasteiger partial charge is 0.151 e. The fourth-order valence-corrected chi connectivity index (χ4v) is 2.12. The number of para-hydroxylation sites is 2. The molecule has 2 aromatic carbocycles. The molecule has 0 N–H and O–H groups in total. The Labute approximate surface area is 99.1 Å². The fourth-order valence-electron chi connectivity index (χ4n) is 1.79. The van der Waals surface area contributed by atoms with Crippen LogP contribution in [0.15, 0.2) is 54.6 Å². The second-order valence-corrected chi connectivity index (χ2v) is 4.00. The Morgan fingerprint density at radius 3 is 2.31 bits per heavy atom. The Hall–Kier alpha value is -1.74. The predicted molar refractivity (Wildman–Crippen MR) is 69.6 cm³/mol. The average Bonchev–Trinajstić information content (AvgIpc) is 2.69. The SMILES string of the molecule is Sn1c(-c2ccccc2)nc2ccccc21. The van der Waals surface area contributed by atoms with Crippen LogP contribution in [0.4, 0.5) is 0 Å². The van der Waals surface area contributed by atoms with Gasteiger partial charge in [-0.2, -0.15) is 0 Å². The first kappa shape index (κ1) is 9.48. The number of hydrogen-bond donors (Lipinski definition) is 1. The lowest BCUT2D eigenvalue weighted by atomic mass is 10.2. The summed E-state index contributed by atoms with van der Waals surface area (Å²) >= 11 is 4.48.